The van der Waals surface area contributed by atoms with Gasteiger partial charge in [-0.25, -0.2) is 31.2 Å². The van der Waals surface area contributed by atoms with Crippen LogP contribution in [0.5, 0.6) is 0 Å². The fraction of sp³-hybridized carbons (Fsp3) is 0.827. The molecule has 10 fully saturated rings. The maximum Gasteiger partial charge on any atom is 0.315 e. The highest BCUT2D eigenvalue weighted by molar-refractivity contribution is 7.89. The van der Waals surface area contributed by atoms with Crippen molar-refractivity contribution in [3.63, 3.8) is 0 Å². The topological polar surface area (TPSA) is 526 Å². The number of carbonyl (C=O) groups excluding carboxylic acids is 15. The van der Waals surface area contributed by atoms with E-state index in [1.54, 1.807) is 6.92 Å². The van der Waals surface area contributed by atoms with Gasteiger partial charge in [-0.05, 0) is 136 Å². The van der Waals surface area contributed by atoms with Crippen LogP contribution in [0.2, 0.25) is 0 Å². The van der Waals surface area contributed by atoms with Crippen molar-refractivity contribution in [1.29, 1.82) is 0 Å². The normalized spacial score (nSPS) is 26.0. The average Bonchev–Trinajstić information content (AvgIpc) is 1.53. The smallest absolute Gasteiger partial charge is 0.315 e. The summed E-state index contributed by atoms with van der Waals surface area (Å²) in [6.45, 7) is 58.2. The fourth-order valence-electron chi connectivity index (χ4n) is 20.9. The van der Waals surface area contributed by atoms with Crippen LogP contribution in [0, 0.1) is 90.2 Å². The standard InChI is InChI=1S/C35H59N7O7S.C32H56N6O7S.C31H54N6O7S/c1-11-15-36-30(45)27(43)23(18-21-13-14-21)37-29(44)26-25-22(35(25,8)9)19-42(26)31(46)28(34(5,6)7)39-32(47)38-24(33(2,3)4)20-41-17-12-16-40(10)50(41,48)49;1-11-14-20(24(39)27(41)33-12-2)34-26(40)23-22-19(32(22,9)10)17-38(23)28(42)25(31(6,7)8)36-29(43)35-21(30(3,4)5)18-37-15-13-16-46(37,44)45;1-11-13-19(23(38)26(40)32-10)33-25(39)22-21-18(31(21,8)9)16-37(22)27(41)24(30(5,6)7)35-28(42)34-20(29(2,3)4)17-36-14-12-15-45(36,43)44/h11,21-26,28H,1,12-20H2,2-10H3,(H,36,45)(H,37,44)(H2,38,39,47);19-23,25H,11-18H2,1-10H3,(H,33,41)(H,34,40)(H2,35,36,43);18-22,24H,11-17H2,1-10H3,(H,32,40)(H,33,39)(H2,34,35,42)/t22-,23?,24+,25-,26-,28+;19-,20?,21+,22-,23-,25+;18-,19?,20+,21-,22-,24+/m000/s1. The van der Waals surface area contributed by atoms with Gasteiger partial charge in [0, 0.05) is 111 Å². The van der Waals surface area contributed by atoms with Gasteiger partial charge < -0.3 is 78.5 Å². The largest absolute Gasteiger partial charge is 0.353 e. The second-order valence-corrected chi connectivity index (χ2v) is 55.0. The monoisotopic (exact) mass is 2040 g/mol. The van der Waals surface area contributed by atoms with Crippen molar-refractivity contribution in [3.05, 3.63) is 12.7 Å². The molecular weight excluding hydrogens is 1880 g/mol. The number of sulfonamides is 2. The molecule has 43 heteroatoms. The number of hydrogen-bond donors (Lipinski definition) is 12. The molecule has 6 aliphatic heterocycles. The van der Waals surface area contributed by atoms with E-state index in [9.17, 15) is 97.2 Å². The zero-order valence-electron chi connectivity index (χ0n) is 89.2. The van der Waals surface area contributed by atoms with E-state index in [4.69, 9.17) is 0 Å². The molecule has 0 radical (unpaired) electrons. The van der Waals surface area contributed by atoms with Crippen LogP contribution in [-0.2, 0) is 87.8 Å². The Morgan fingerprint density at radius 3 is 0.986 bits per heavy atom. The molecule has 0 bridgehead atoms. The SMILES string of the molecule is C=CCNC(=O)C(=O)C(CC1CC1)NC(=O)[C@@H]1[C@@H]2[C@H](CN1C(=O)[C@@H](NC(=O)N[C@H](CN1CCCN(C)S1(=O)=O)C(C)(C)C)C(C)(C)C)C2(C)C.CCCC(NC(=O)[C@@H]1[C@@H]2[C@H](CN1C(=O)[C@@H](NC(=O)N[C@H](CN1CCCS1(=O)=O)C(C)(C)C)C(C)(C)C)C2(C)C)C(=O)C(=O)NC.CCCC(NC(=O)[C@@H]1[C@@H]2[C@H](CN1C(=O)[C@@H](NC(=O)N[C@H](CN1CCCS1(=O)=O)C(C)(C)C)C(C)(C)C)C2(C)C)C(=O)C(=O)NCC. The van der Waals surface area contributed by atoms with E-state index in [1.165, 1.54) is 52.1 Å². The molecule has 0 spiro atoms. The zero-order chi connectivity index (χ0) is 107. The van der Waals surface area contributed by atoms with Gasteiger partial charge in [-0.2, -0.15) is 25.6 Å². The second kappa shape index (κ2) is 44.8. The van der Waals surface area contributed by atoms with Crippen LogP contribution in [0.25, 0.3) is 0 Å². The van der Waals surface area contributed by atoms with Crippen LogP contribution in [0.3, 0.4) is 0 Å². The minimum atomic E-state index is -3.67. The zero-order valence-corrected chi connectivity index (χ0v) is 91.6. The minimum absolute atomic E-state index is 0.0556. The highest BCUT2D eigenvalue weighted by Crippen LogP contribution is 2.67. The third-order valence-corrected chi connectivity index (χ3v) is 36.4. The predicted octanol–water partition coefficient (Wildman–Crippen LogP) is 4.49. The van der Waals surface area contributed by atoms with Crippen LogP contribution < -0.4 is 63.8 Å². The average molecular weight is 2050 g/mol. The molecule has 0 aromatic carbocycles. The first-order valence-electron chi connectivity index (χ1n) is 50.4. The minimum Gasteiger partial charge on any atom is -0.353 e. The summed E-state index contributed by atoms with van der Waals surface area (Å²) >= 11 is 0. The molecule has 15 amide bonds. The summed E-state index contributed by atoms with van der Waals surface area (Å²) in [5, 5.41) is 33.1. The van der Waals surface area contributed by atoms with Crippen molar-refractivity contribution in [2.75, 3.05) is 104 Å². The summed E-state index contributed by atoms with van der Waals surface area (Å²) in [5.74, 6) is -7.07. The molecule has 18 atom stereocenters. The van der Waals surface area contributed by atoms with E-state index in [1.807, 2.05) is 166 Å². The molecule has 6 saturated heterocycles. The van der Waals surface area contributed by atoms with Crippen molar-refractivity contribution < 1.29 is 97.2 Å². The lowest BCUT2D eigenvalue weighted by atomic mass is 9.85. The molecule has 4 saturated carbocycles. The number of likely N-dealkylation sites (tertiary alicyclic amines) is 3. The van der Waals surface area contributed by atoms with Gasteiger partial charge in [0.15, 0.2) is 0 Å². The fourth-order valence-corrected chi connectivity index (χ4v) is 25.4. The van der Waals surface area contributed by atoms with Crippen LogP contribution in [0.4, 0.5) is 14.4 Å². The van der Waals surface area contributed by atoms with Gasteiger partial charge >= 0.3 is 18.1 Å². The van der Waals surface area contributed by atoms with Crippen LogP contribution >= 0.6 is 0 Å². The van der Waals surface area contributed by atoms with Crippen molar-refractivity contribution in [1.82, 2.24) is 95.7 Å². The van der Waals surface area contributed by atoms with Crippen molar-refractivity contribution in [2.45, 2.75) is 324 Å². The van der Waals surface area contributed by atoms with Gasteiger partial charge in [0.2, 0.25) is 72.8 Å². The Hall–Kier alpha value is -8.52. The number of hydrogen-bond acceptors (Lipinski definition) is 21. The predicted molar refractivity (Wildman–Crippen MR) is 535 cm³/mol. The number of nitrogens with one attached hydrogen (secondary N) is 12. The van der Waals surface area contributed by atoms with Gasteiger partial charge in [0.25, 0.3) is 27.9 Å². The Kier molecular flexibility index (Phi) is 37.4. The lowest BCUT2D eigenvalue weighted by Crippen LogP contribution is -2.63. The molecule has 141 heavy (non-hydrogen) atoms. The van der Waals surface area contributed by atoms with E-state index in [2.05, 4.69) is 84.2 Å². The summed E-state index contributed by atoms with van der Waals surface area (Å²) < 4.78 is 81.5. The van der Waals surface area contributed by atoms with E-state index in [-0.39, 0.29) is 115 Å². The molecule has 6 heterocycles. The Morgan fingerprint density at radius 1 is 0.397 bits per heavy atom. The first-order chi connectivity index (χ1) is 64.7. The van der Waals surface area contributed by atoms with Gasteiger partial charge in [0.1, 0.15) is 36.3 Å². The highest BCUT2D eigenvalue weighted by atomic mass is 32.2. The van der Waals surface area contributed by atoms with Crippen LogP contribution in [0.1, 0.15) is 251 Å². The number of amides is 15. The number of fused-ring (bicyclic) bond motifs is 3. The van der Waals surface area contributed by atoms with Gasteiger partial charge in [-0.3, -0.25) is 57.5 Å². The van der Waals surface area contributed by atoms with Gasteiger partial charge in [0.05, 0.1) is 29.6 Å². The Morgan fingerprint density at radius 2 is 0.702 bits per heavy atom. The Balaban J connectivity index is 0.000000259. The van der Waals surface area contributed by atoms with Crippen molar-refractivity contribution >= 4 is 119 Å². The molecule has 800 valence electrons. The van der Waals surface area contributed by atoms with Gasteiger partial charge in [-0.1, -0.05) is 212 Å². The van der Waals surface area contributed by atoms with Crippen LogP contribution in [-0.4, -0.2) is 322 Å². The summed E-state index contributed by atoms with van der Waals surface area (Å²) in [4.78, 5) is 206. The Bertz CT molecular complexity index is 5020. The van der Waals surface area contributed by atoms with Crippen LogP contribution in [0.15, 0.2) is 12.7 Å². The quantitative estimate of drug-likeness (QED) is 0.0303. The maximum absolute atomic E-state index is 14.4. The molecule has 10 rings (SSSR count). The number of likely N-dealkylation sites (N-methyl/N-ethyl adjacent to an activating group) is 2. The number of piperidine rings is 3. The summed E-state index contributed by atoms with van der Waals surface area (Å²) in [7, 11) is -7.53. The molecule has 4 aliphatic carbocycles. The van der Waals surface area contributed by atoms with Crippen molar-refractivity contribution in [2.24, 2.45) is 90.2 Å². The molecule has 12 N–H and O–H groups in total. The molecule has 0 aromatic rings. The number of urea groups is 3. The van der Waals surface area contributed by atoms with E-state index >= 15 is 0 Å². The second-order valence-electron chi connectivity index (χ2n) is 48.7. The lowest BCUT2D eigenvalue weighted by molar-refractivity contribution is -0.145. The van der Waals surface area contributed by atoms with Gasteiger partial charge in [-0.15, -0.1) is 6.58 Å². The first kappa shape index (κ1) is 118. The third-order valence-electron chi connectivity index (χ3n) is 30.6. The van der Waals surface area contributed by atoms with E-state index in [0.29, 0.717) is 84.3 Å². The van der Waals surface area contributed by atoms with E-state index < -0.39 is 224 Å². The Labute approximate surface area is 837 Å². The molecule has 3 unspecified atom stereocenters. The number of carbonyl (C=O) groups is 15. The molecular formula is C98H169N19O21S3. The summed E-state index contributed by atoms with van der Waals surface area (Å²) in [6, 6.07) is -12.2. The maximum atomic E-state index is 14.4. The number of Topliss-reactive ketones (excluding diaryl/α,β-unsaturated/α-hetero) is 3. The first-order valence-corrected chi connectivity index (χ1v) is 55.0. The number of ketones is 3. The van der Waals surface area contributed by atoms with Crippen molar-refractivity contribution in [3.8, 4) is 0 Å². The number of nitrogens with zero attached hydrogens (tertiary/aromatic N) is 7. The molecule has 10 aliphatic rings. The highest BCUT2D eigenvalue weighted by Gasteiger charge is 2.73. The van der Waals surface area contributed by atoms with E-state index in [0.717, 1.165) is 12.8 Å². The molecule has 0 aromatic heterocycles. The third kappa shape index (κ3) is 28.2. The number of rotatable bonds is 36. The molecule has 40 nitrogen and oxygen atoms in total. The lowest BCUT2D eigenvalue weighted by Gasteiger charge is -2.40. The summed E-state index contributed by atoms with van der Waals surface area (Å²) in [6.07, 6.45) is 7.07. The summed E-state index contributed by atoms with van der Waals surface area (Å²) in [5.41, 5.74) is -4.33.